The molecule has 0 aromatic rings. The van der Waals surface area contributed by atoms with E-state index < -0.39 is 0 Å². The molecule has 2 heteroatoms. The van der Waals surface area contributed by atoms with Crippen molar-refractivity contribution in [1.82, 2.24) is 4.90 Å². The van der Waals surface area contributed by atoms with Gasteiger partial charge in [0.05, 0.1) is 0 Å². The first kappa shape index (κ1) is 9.47. The Morgan fingerprint density at radius 3 is 2.31 bits per heavy atom. The van der Waals surface area contributed by atoms with Crippen molar-refractivity contribution in [3.8, 4) is 0 Å². The van der Waals surface area contributed by atoms with Gasteiger partial charge in [-0.3, -0.25) is 0 Å². The molecule has 13 heavy (non-hydrogen) atoms. The fourth-order valence-corrected chi connectivity index (χ4v) is 2.45. The zero-order valence-electron chi connectivity index (χ0n) is 8.54. The van der Waals surface area contributed by atoms with Gasteiger partial charge in [-0.1, -0.05) is 0 Å². The fourth-order valence-electron chi connectivity index (χ4n) is 2.45. The van der Waals surface area contributed by atoms with Crippen LogP contribution in [0.3, 0.4) is 0 Å². The lowest BCUT2D eigenvalue weighted by Crippen LogP contribution is -2.35. The zero-order valence-corrected chi connectivity index (χ0v) is 8.54. The molecule has 2 aliphatic rings. The van der Waals surface area contributed by atoms with Gasteiger partial charge in [-0.15, -0.1) is 0 Å². The molecule has 0 spiro atoms. The van der Waals surface area contributed by atoms with Crippen molar-refractivity contribution in [2.24, 2.45) is 11.7 Å². The van der Waals surface area contributed by atoms with Crippen molar-refractivity contribution in [2.75, 3.05) is 19.6 Å². The summed E-state index contributed by atoms with van der Waals surface area (Å²) in [5.74, 6) is 0.985. The van der Waals surface area contributed by atoms with Gasteiger partial charge in [-0.05, 0) is 64.1 Å². The van der Waals surface area contributed by atoms with Crippen LogP contribution < -0.4 is 5.73 Å². The highest BCUT2D eigenvalue weighted by Gasteiger charge is 2.31. The van der Waals surface area contributed by atoms with Gasteiger partial charge in [-0.2, -0.15) is 0 Å². The summed E-state index contributed by atoms with van der Waals surface area (Å²) in [6, 6.07) is 0.982. The fraction of sp³-hybridized carbons (Fsp3) is 1.00. The minimum atomic E-state index is 0.878. The van der Waals surface area contributed by atoms with Crippen LogP contribution in [0.4, 0.5) is 0 Å². The van der Waals surface area contributed by atoms with Crippen LogP contribution in [0.25, 0.3) is 0 Å². The molecule has 2 N–H and O–H groups in total. The zero-order chi connectivity index (χ0) is 9.10. The smallest absolute Gasteiger partial charge is 0.00964 e. The van der Waals surface area contributed by atoms with Gasteiger partial charge in [0, 0.05) is 6.04 Å². The number of piperidine rings is 1. The lowest BCUT2D eigenvalue weighted by atomic mass is 9.92. The van der Waals surface area contributed by atoms with Crippen molar-refractivity contribution < 1.29 is 0 Å². The van der Waals surface area contributed by atoms with E-state index in [0.717, 1.165) is 18.5 Å². The van der Waals surface area contributed by atoms with Crippen molar-refractivity contribution in [2.45, 2.75) is 44.6 Å². The van der Waals surface area contributed by atoms with Crippen LogP contribution in [-0.2, 0) is 0 Å². The predicted molar refractivity (Wildman–Crippen MR) is 55.6 cm³/mol. The number of nitrogens with zero attached hydrogens (tertiary/aromatic N) is 1. The second-order valence-electron chi connectivity index (χ2n) is 4.64. The maximum Gasteiger partial charge on any atom is 0.00964 e. The first-order valence-corrected chi connectivity index (χ1v) is 5.84. The third-order valence-electron chi connectivity index (χ3n) is 3.53. The quantitative estimate of drug-likeness (QED) is 0.715. The minimum Gasteiger partial charge on any atom is -0.330 e. The van der Waals surface area contributed by atoms with E-state index in [2.05, 4.69) is 4.90 Å². The lowest BCUT2D eigenvalue weighted by Gasteiger charge is -2.31. The maximum absolute atomic E-state index is 5.52. The van der Waals surface area contributed by atoms with E-state index in [9.17, 15) is 0 Å². The number of rotatable bonds is 4. The van der Waals surface area contributed by atoms with E-state index in [1.54, 1.807) is 0 Å². The van der Waals surface area contributed by atoms with Crippen LogP contribution in [-0.4, -0.2) is 30.6 Å². The Bertz CT molecular complexity index is 146. The summed E-state index contributed by atoms with van der Waals surface area (Å²) in [6.07, 6.45) is 8.39. The minimum absolute atomic E-state index is 0.878. The first-order valence-electron chi connectivity index (χ1n) is 5.84. The largest absolute Gasteiger partial charge is 0.330 e. The lowest BCUT2D eigenvalue weighted by molar-refractivity contribution is 0.170. The molecule has 0 aromatic carbocycles. The molecule has 0 unspecified atom stereocenters. The Morgan fingerprint density at radius 1 is 1.08 bits per heavy atom. The Kier molecular flexibility index (Phi) is 3.23. The van der Waals surface area contributed by atoms with Crippen molar-refractivity contribution in [1.29, 1.82) is 0 Å². The molecule has 0 aromatic heterocycles. The Labute approximate surface area is 81.5 Å². The van der Waals surface area contributed by atoms with Crippen LogP contribution in [0, 0.1) is 5.92 Å². The highest BCUT2D eigenvalue weighted by atomic mass is 15.2. The average molecular weight is 182 g/mol. The number of likely N-dealkylation sites (tertiary alicyclic amines) is 1. The molecule has 1 heterocycles. The molecule has 1 aliphatic heterocycles. The second-order valence-corrected chi connectivity index (χ2v) is 4.64. The van der Waals surface area contributed by atoms with Crippen molar-refractivity contribution in [3.63, 3.8) is 0 Å². The molecule has 76 valence electrons. The monoisotopic (exact) mass is 182 g/mol. The van der Waals surface area contributed by atoms with Gasteiger partial charge in [-0.25, -0.2) is 0 Å². The van der Waals surface area contributed by atoms with E-state index in [-0.39, 0.29) is 0 Å². The molecule has 2 rings (SSSR count). The van der Waals surface area contributed by atoms with E-state index in [4.69, 9.17) is 5.73 Å². The summed E-state index contributed by atoms with van der Waals surface area (Å²) < 4.78 is 0. The van der Waals surface area contributed by atoms with Gasteiger partial charge in [0.2, 0.25) is 0 Å². The predicted octanol–water partition coefficient (Wildman–Crippen LogP) is 1.60. The van der Waals surface area contributed by atoms with Gasteiger partial charge in [0.15, 0.2) is 0 Å². The molecule has 0 amide bonds. The average Bonchev–Trinajstić information content (AvgIpc) is 2.99. The summed E-state index contributed by atoms with van der Waals surface area (Å²) in [6.45, 7) is 3.60. The van der Waals surface area contributed by atoms with Gasteiger partial charge in [0.1, 0.15) is 0 Å². The molecule has 1 saturated carbocycles. The number of hydrogen-bond donors (Lipinski definition) is 1. The van der Waals surface area contributed by atoms with Crippen molar-refractivity contribution >= 4 is 0 Å². The molecule has 2 nitrogen and oxygen atoms in total. The molecule has 0 bridgehead atoms. The van der Waals surface area contributed by atoms with Crippen molar-refractivity contribution in [3.05, 3.63) is 0 Å². The summed E-state index contributed by atoms with van der Waals surface area (Å²) in [4.78, 5) is 2.69. The highest BCUT2D eigenvalue weighted by Crippen LogP contribution is 2.31. The van der Waals surface area contributed by atoms with E-state index in [1.165, 1.54) is 51.6 Å². The summed E-state index contributed by atoms with van der Waals surface area (Å²) >= 11 is 0. The molecule has 0 atom stereocenters. The molecule has 1 saturated heterocycles. The maximum atomic E-state index is 5.52. The molecular formula is C11H22N2. The van der Waals surface area contributed by atoms with E-state index >= 15 is 0 Å². The Morgan fingerprint density at radius 2 is 1.77 bits per heavy atom. The number of hydrogen-bond acceptors (Lipinski definition) is 2. The van der Waals surface area contributed by atoms with Crippen LogP contribution in [0.1, 0.15) is 38.5 Å². The van der Waals surface area contributed by atoms with Gasteiger partial charge in [0.25, 0.3) is 0 Å². The van der Waals surface area contributed by atoms with Gasteiger partial charge < -0.3 is 10.6 Å². The molecule has 2 fully saturated rings. The summed E-state index contributed by atoms with van der Waals surface area (Å²) in [7, 11) is 0. The van der Waals surface area contributed by atoms with E-state index in [0.29, 0.717) is 0 Å². The van der Waals surface area contributed by atoms with Crippen LogP contribution >= 0.6 is 0 Å². The second kappa shape index (κ2) is 4.43. The first-order chi connectivity index (χ1) is 6.40. The standard InChI is InChI=1S/C11H22N2/c12-7-1-2-10-5-8-13(9-6-10)11-3-4-11/h10-11H,1-9,12H2. The van der Waals surface area contributed by atoms with E-state index in [1.807, 2.05) is 0 Å². The normalized spacial score (nSPS) is 26.5. The molecule has 0 radical (unpaired) electrons. The topological polar surface area (TPSA) is 29.3 Å². The summed E-state index contributed by atoms with van der Waals surface area (Å²) in [5, 5.41) is 0. The highest BCUT2D eigenvalue weighted by molar-refractivity contribution is 4.87. The third kappa shape index (κ3) is 2.68. The molecular weight excluding hydrogens is 160 g/mol. The SMILES string of the molecule is NCCCC1CCN(C2CC2)CC1. The van der Waals surface area contributed by atoms with Crippen LogP contribution in [0.5, 0.6) is 0 Å². The molecule has 1 aliphatic carbocycles. The number of nitrogens with two attached hydrogens (primary N) is 1. The van der Waals surface area contributed by atoms with Gasteiger partial charge >= 0.3 is 0 Å². The Balaban J connectivity index is 1.63. The summed E-state index contributed by atoms with van der Waals surface area (Å²) in [5.41, 5.74) is 5.52. The van der Waals surface area contributed by atoms with Crippen LogP contribution in [0.2, 0.25) is 0 Å². The Hall–Kier alpha value is -0.0800. The third-order valence-corrected chi connectivity index (χ3v) is 3.53. The van der Waals surface area contributed by atoms with Crippen LogP contribution in [0.15, 0.2) is 0 Å².